The third-order valence-corrected chi connectivity index (χ3v) is 4.39. The van der Waals surface area contributed by atoms with Gasteiger partial charge in [-0.15, -0.1) is 0 Å². The lowest BCUT2D eigenvalue weighted by Crippen LogP contribution is -2.09. The Labute approximate surface area is 142 Å². The van der Waals surface area contributed by atoms with Crippen LogP contribution in [0.4, 0.5) is 0 Å². The predicted octanol–water partition coefficient (Wildman–Crippen LogP) is 3.44. The molecule has 25 heavy (non-hydrogen) atoms. The highest BCUT2D eigenvalue weighted by Crippen LogP contribution is 2.27. The van der Waals surface area contributed by atoms with Gasteiger partial charge in [0.2, 0.25) is 0 Å². The zero-order chi connectivity index (χ0) is 17.6. The molecular formula is C19H14N4O2. The summed E-state index contributed by atoms with van der Waals surface area (Å²) >= 11 is 0. The van der Waals surface area contributed by atoms with Crippen LogP contribution in [-0.2, 0) is 6.54 Å². The maximum atomic E-state index is 11.7. The SMILES string of the molecule is Cc1cc(C(=O)O)c(Cn2cc3ccc(C#N)cc3n2)c2cc[nH]c12. The summed E-state index contributed by atoms with van der Waals surface area (Å²) in [6.45, 7) is 2.23. The van der Waals surface area contributed by atoms with E-state index in [0.29, 0.717) is 23.2 Å². The summed E-state index contributed by atoms with van der Waals surface area (Å²) < 4.78 is 1.72. The molecule has 0 atom stereocenters. The fourth-order valence-electron chi connectivity index (χ4n) is 3.21. The van der Waals surface area contributed by atoms with Gasteiger partial charge >= 0.3 is 5.97 Å². The van der Waals surface area contributed by atoms with Crippen LogP contribution in [0.3, 0.4) is 0 Å². The Hall–Kier alpha value is -3.59. The number of benzene rings is 2. The van der Waals surface area contributed by atoms with Gasteiger partial charge in [0.05, 0.1) is 29.3 Å². The van der Waals surface area contributed by atoms with E-state index in [4.69, 9.17) is 5.26 Å². The minimum atomic E-state index is -0.954. The number of hydrogen-bond donors (Lipinski definition) is 2. The maximum Gasteiger partial charge on any atom is 0.336 e. The third-order valence-electron chi connectivity index (χ3n) is 4.39. The van der Waals surface area contributed by atoms with Crippen molar-refractivity contribution in [1.82, 2.24) is 14.8 Å². The van der Waals surface area contributed by atoms with Crippen molar-refractivity contribution in [2.24, 2.45) is 0 Å². The molecule has 0 saturated heterocycles. The van der Waals surface area contributed by atoms with E-state index in [1.54, 1.807) is 22.9 Å². The van der Waals surface area contributed by atoms with Gasteiger partial charge in [0.1, 0.15) is 0 Å². The van der Waals surface area contributed by atoms with E-state index in [9.17, 15) is 9.90 Å². The van der Waals surface area contributed by atoms with Crippen LogP contribution in [0.25, 0.3) is 21.8 Å². The number of aromatic amines is 1. The van der Waals surface area contributed by atoms with E-state index in [1.165, 1.54) is 0 Å². The zero-order valence-electron chi connectivity index (χ0n) is 13.4. The van der Waals surface area contributed by atoms with Gasteiger partial charge in [0, 0.05) is 28.7 Å². The van der Waals surface area contributed by atoms with Crippen molar-refractivity contribution in [2.45, 2.75) is 13.5 Å². The lowest BCUT2D eigenvalue weighted by molar-refractivity contribution is 0.0695. The van der Waals surface area contributed by atoms with Crippen LogP contribution < -0.4 is 0 Å². The number of aromatic nitrogens is 3. The molecule has 2 aromatic heterocycles. The number of aromatic carboxylic acids is 1. The molecule has 0 aliphatic heterocycles. The van der Waals surface area contributed by atoms with Gasteiger partial charge in [0.25, 0.3) is 0 Å². The number of nitriles is 1. The summed E-state index contributed by atoms with van der Waals surface area (Å²) in [5, 5.41) is 24.9. The summed E-state index contributed by atoms with van der Waals surface area (Å²) in [7, 11) is 0. The van der Waals surface area contributed by atoms with E-state index in [0.717, 1.165) is 21.9 Å². The fourth-order valence-corrected chi connectivity index (χ4v) is 3.21. The molecule has 0 amide bonds. The topological polar surface area (TPSA) is 94.7 Å². The summed E-state index contributed by atoms with van der Waals surface area (Å²) in [4.78, 5) is 14.9. The second-order valence-electron chi connectivity index (χ2n) is 6.00. The fraction of sp³-hybridized carbons (Fsp3) is 0.105. The second kappa shape index (κ2) is 5.49. The number of fused-ring (bicyclic) bond motifs is 2. The molecule has 2 N–H and O–H groups in total. The predicted molar refractivity (Wildman–Crippen MR) is 93.5 cm³/mol. The van der Waals surface area contributed by atoms with Crippen LogP contribution in [0.5, 0.6) is 0 Å². The molecule has 6 nitrogen and oxygen atoms in total. The van der Waals surface area contributed by atoms with Crippen LogP contribution in [0.2, 0.25) is 0 Å². The molecule has 2 heterocycles. The Kier molecular flexibility index (Phi) is 3.29. The van der Waals surface area contributed by atoms with Crippen molar-refractivity contribution in [3.63, 3.8) is 0 Å². The lowest BCUT2D eigenvalue weighted by atomic mass is 9.99. The van der Waals surface area contributed by atoms with E-state index >= 15 is 0 Å². The molecule has 122 valence electrons. The first-order valence-corrected chi connectivity index (χ1v) is 7.77. The van der Waals surface area contributed by atoms with E-state index in [1.807, 2.05) is 31.5 Å². The van der Waals surface area contributed by atoms with Crippen LogP contribution in [0.1, 0.15) is 27.0 Å². The largest absolute Gasteiger partial charge is 0.478 e. The number of nitrogens with one attached hydrogen (secondary N) is 1. The van der Waals surface area contributed by atoms with Crippen molar-refractivity contribution in [3.8, 4) is 6.07 Å². The van der Waals surface area contributed by atoms with Gasteiger partial charge in [0.15, 0.2) is 0 Å². The molecule has 4 aromatic rings. The first-order chi connectivity index (χ1) is 12.1. The molecular weight excluding hydrogens is 316 g/mol. The van der Waals surface area contributed by atoms with Gasteiger partial charge in [-0.1, -0.05) is 0 Å². The monoisotopic (exact) mass is 330 g/mol. The van der Waals surface area contributed by atoms with Crippen LogP contribution in [0.15, 0.2) is 42.7 Å². The van der Waals surface area contributed by atoms with Crippen LogP contribution >= 0.6 is 0 Å². The number of aryl methyl sites for hydroxylation is 1. The Morgan fingerprint density at radius 1 is 1.36 bits per heavy atom. The van der Waals surface area contributed by atoms with Crippen LogP contribution in [0, 0.1) is 18.3 Å². The Bertz CT molecular complexity index is 1180. The van der Waals surface area contributed by atoms with Crippen molar-refractivity contribution < 1.29 is 9.90 Å². The first kappa shape index (κ1) is 15.0. The minimum Gasteiger partial charge on any atom is -0.478 e. The smallest absolute Gasteiger partial charge is 0.336 e. The van der Waals surface area contributed by atoms with Gasteiger partial charge in [-0.25, -0.2) is 4.79 Å². The standard InChI is InChI=1S/C19H14N4O2/c1-11-6-15(19(24)25)16(14-4-5-21-18(11)14)10-23-9-13-3-2-12(8-20)7-17(13)22-23/h2-7,9,21H,10H2,1H3,(H,24,25). The Balaban J connectivity index is 1.87. The molecule has 0 spiro atoms. The highest BCUT2D eigenvalue weighted by atomic mass is 16.4. The average Bonchev–Trinajstić information content (AvgIpc) is 3.22. The van der Waals surface area contributed by atoms with Crippen LogP contribution in [-0.4, -0.2) is 25.8 Å². The normalized spacial score (nSPS) is 11.0. The number of nitrogens with zero attached hydrogens (tertiary/aromatic N) is 3. The van der Waals surface area contributed by atoms with Gasteiger partial charge in [-0.05, 0) is 48.4 Å². The number of carboxylic acid groups (broad SMARTS) is 1. The highest BCUT2D eigenvalue weighted by molar-refractivity contribution is 5.98. The van der Waals surface area contributed by atoms with Gasteiger partial charge in [-0.3, -0.25) is 4.68 Å². The molecule has 0 saturated carbocycles. The maximum absolute atomic E-state index is 11.7. The summed E-state index contributed by atoms with van der Waals surface area (Å²) in [5.41, 5.74) is 4.08. The van der Waals surface area contributed by atoms with Gasteiger partial charge in [-0.2, -0.15) is 10.4 Å². The number of rotatable bonds is 3. The van der Waals surface area contributed by atoms with E-state index in [2.05, 4.69) is 16.2 Å². The molecule has 0 aliphatic carbocycles. The molecule has 2 aromatic carbocycles. The third kappa shape index (κ3) is 2.42. The molecule has 0 aliphatic rings. The number of hydrogen-bond acceptors (Lipinski definition) is 3. The van der Waals surface area contributed by atoms with Crippen molar-refractivity contribution in [3.05, 3.63) is 65.0 Å². The number of carboxylic acids is 1. The minimum absolute atomic E-state index is 0.280. The quantitative estimate of drug-likeness (QED) is 0.601. The van der Waals surface area contributed by atoms with Crippen molar-refractivity contribution in [1.29, 1.82) is 5.26 Å². The first-order valence-electron chi connectivity index (χ1n) is 7.77. The molecule has 0 unspecified atom stereocenters. The lowest BCUT2D eigenvalue weighted by Gasteiger charge is -2.10. The Morgan fingerprint density at radius 2 is 2.20 bits per heavy atom. The Morgan fingerprint density at radius 3 is 2.96 bits per heavy atom. The zero-order valence-corrected chi connectivity index (χ0v) is 13.4. The molecule has 0 radical (unpaired) electrons. The molecule has 0 bridgehead atoms. The summed E-state index contributed by atoms with van der Waals surface area (Å²) in [6, 6.07) is 11.0. The highest BCUT2D eigenvalue weighted by Gasteiger charge is 2.17. The summed E-state index contributed by atoms with van der Waals surface area (Å²) in [5.74, 6) is -0.954. The van der Waals surface area contributed by atoms with Crippen molar-refractivity contribution in [2.75, 3.05) is 0 Å². The van der Waals surface area contributed by atoms with Gasteiger partial charge < -0.3 is 10.1 Å². The van der Waals surface area contributed by atoms with E-state index in [-0.39, 0.29) is 5.56 Å². The summed E-state index contributed by atoms with van der Waals surface area (Å²) in [6.07, 6.45) is 3.67. The van der Waals surface area contributed by atoms with Crippen molar-refractivity contribution >= 4 is 27.8 Å². The second-order valence-corrected chi connectivity index (χ2v) is 6.00. The molecule has 6 heteroatoms. The van der Waals surface area contributed by atoms with E-state index < -0.39 is 5.97 Å². The average molecular weight is 330 g/mol. The molecule has 0 fully saturated rings. The number of carbonyl (C=O) groups is 1. The number of H-pyrrole nitrogens is 1. The molecule has 4 rings (SSSR count).